The Hall–Kier alpha value is -0.220. The predicted octanol–water partition coefficient (Wildman–Crippen LogP) is 3.87. The maximum absolute atomic E-state index is 6.08. The van der Waals surface area contributed by atoms with Crippen molar-refractivity contribution in [2.45, 2.75) is 38.0 Å². The summed E-state index contributed by atoms with van der Waals surface area (Å²) in [5.41, 5.74) is 8.64. The molecule has 0 aromatic heterocycles. The van der Waals surface area contributed by atoms with Crippen molar-refractivity contribution in [2.24, 2.45) is 5.73 Å². The lowest BCUT2D eigenvalue weighted by Gasteiger charge is -2.31. The topological polar surface area (TPSA) is 29.3 Å². The Balaban J connectivity index is 2.19. The van der Waals surface area contributed by atoms with Gasteiger partial charge in [0.1, 0.15) is 0 Å². The van der Waals surface area contributed by atoms with E-state index < -0.39 is 0 Å². The number of benzene rings is 1. The SMILES string of the molecule is Cc1cc(Cl)ccc1C(CN)N1CCSC(C)(C)CC1. The van der Waals surface area contributed by atoms with E-state index in [1.165, 1.54) is 23.3 Å². The molecule has 1 aliphatic rings. The standard InChI is InChI=1S/C16H25ClN2S/c1-12-10-13(17)4-5-14(12)15(11-18)19-7-6-16(2,3)20-9-8-19/h4-5,10,15H,6-9,11,18H2,1-3H3. The minimum Gasteiger partial charge on any atom is -0.329 e. The average molecular weight is 313 g/mol. The normalized spacial score (nSPS) is 21.4. The second-order valence-electron chi connectivity index (χ2n) is 6.15. The lowest BCUT2D eigenvalue weighted by molar-refractivity contribution is 0.210. The zero-order valence-corrected chi connectivity index (χ0v) is 14.2. The van der Waals surface area contributed by atoms with Crippen molar-refractivity contribution in [3.63, 3.8) is 0 Å². The first-order valence-corrected chi connectivity index (χ1v) is 8.63. The Kier molecular flexibility index (Phi) is 5.41. The van der Waals surface area contributed by atoms with Gasteiger partial charge in [0.2, 0.25) is 0 Å². The molecule has 0 bridgehead atoms. The molecule has 1 saturated heterocycles. The maximum atomic E-state index is 6.08. The van der Waals surface area contributed by atoms with Gasteiger partial charge in [-0.25, -0.2) is 0 Å². The molecule has 4 heteroatoms. The van der Waals surface area contributed by atoms with E-state index in [2.05, 4.69) is 43.5 Å². The molecule has 0 saturated carbocycles. The van der Waals surface area contributed by atoms with Gasteiger partial charge in [-0.15, -0.1) is 0 Å². The van der Waals surface area contributed by atoms with Crippen LogP contribution in [0.5, 0.6) is 0 Å². The lowest BCUT2D eigenvalue weighted by Crippen LogP contribution is -2.36. The zero-order valence-electron chi connectivity index (χ0n) is 12.7. The van der Waals surface area contributed by atoms with Crippen LogP contribution in [0.1, 0.15) is 37.4 Å². The fourth-order valence-corrected chi connectivity index (χ4v) is 4.17. The predicted molar refractivity (Wildman–Crippen MR) is 90.7 cm³/mol. The van der Waals surface area contributed by atoms with Crippen molar-refractivity contribution in [2.75, 3.05) is 25.4 Å². The first-order chi connectivity index (χ1) is 9.43. The van der Waals surface area contributed by atoms with Crippen molar-refractivity contribution in [3.05, 3.63) is 34.3 Å². The summed E-state index contributed by atoms with van der Waals surface area (Å²) in [7, 11) is 0. The third-order valence-corrected chi connectivity index (χ3v) is 5.73. The first-order valence-electron chi connectivity index (χ1n) is 7.27. The van der Waals surface area contributed by atoms with Gasteiger partial charge in [0, 0.05) is 41.2 Å². The highest BCUT2D eigenvalue weighted by atomic mass is 35.5. The summed E-state index contributed by atoms with van der Waals surface area (Å²) in [5.74, 6) is 1.18. The van der Waals surface area contributed by atoms with Gasteiger partial charge in [0.15, 0.2) is 0 Å². The smallest absolute Gasteiger partial charge is 0.0473 e. The summed E-state index contributed by atoms with van der Waals surface area (Å²) in [6.45, 7) is 9.69. The number of aryl methyl sites for hydroxylation is 1. The van der Waals surface area contributed by atoms with Gasteiger partial charge in [0.25, 0.3) is 0 Å². The molecule has 1 atom stereocenters. The number of hydrogen-bond acceptors (Lipinski definition) is 3. The summed E-state index contributed by atoms with van der Waals surface area (Å²) < 4.78 is 0.378. The molecule has 20 heavy (non-hydrogen) atoms. The highest BCUT2D eigenvalue weighted by Crippen LogP contribution is 2.34. The third kappa shape index (κ3) is 3.91. The molecular weight excluding hydrogens is 288 g/mol. The van der Waals surface area contributed by atoms with E-state index in [4.69, 9.17) is 17.3 Å². The number of rotatable bonds is 3. The van der Waals surface area contributed by atoms with Crippen LogP contribution in [0.25, 0.3) is 0 Å². The second kappa shape index (κ2) is 6.69. The summed E-state index contributed by atoms with van der Waals surface area (Å²) in [4.78, 5) is 2.54. The molecule has 2 nitrogen and oxygen atoms in total. The molecule has 1 fully saturated rings. The van der Waals surface area contributed by atoms with Crippen LogP contribution >= 0.6 is 23.4 Å². The van der Waals surface area contributed by atoms with Crippen LogP contribution in [0.15, 0.2) is 18.2 Å². The van der Waals surface area contributed by atoms with Gasteiger partial charge in [-0.2, -0.15) is 11.8 Å². The Morgan fingerprint density at radius 3 is 2.80 bits per heavy atom. The van der Waals surface area contributed by atoms with E-state index in [1.54, 1.807) is 0 Å². The summed E-state index contributed by atoms with van der Waals surface area (Å²) in [5, 5.41) is 0.801. The van der Waals surface area contributed by atoms with Crippen LogP contribution in [0, 0.1) is 6.92 Å². The highest BCUT2D eigenvalue weighted by molar-refractivity contribution is 8.00. The number of thioether (sulfide) groups is 1. The van der Waals surface area contributed by atoms with Gasteiger partial charge >= 0.3 is 0 Å². The Morgan fingerprint density at radius 1 is 1.40 bits per heavy atom. The first kappa shape index (κ1) is 16.2. The van der Waals surface area contributed by atoms with E-state index in [9.17, 15) is 0 Å². The molecule has 2 rings (SSSR count). The lowest BCUT2D eigenvalue weighted by atomic mass is 9.99. The average Bonchev–Trinajstić information content (AvgIpc) is 2.54. The molecule has 0 radical (unpaired) electrons. The van der Waals surface area contributed by atoms with Crippen molar-refractivity contribution < 1.29 is 0 Å². The van der Waals surface area contributed by atoms with Crippen LogP contribution in [-0.4, -0.2) is 35.0 Å². The molecule has 2 N–H and O–H groups in total. The van der Waals surface area contributed by atoms with Crippen LogP contribution in [-0.2, 0) is 0 Å². The Labute approximate surface area is 132 Å². The summed E-state index contributed by atoms with van der Waals surface area (Å²) >= 11 is 8.14. The summed E-state index contributed by atoms with van der Waals surface area (Å²) in [6, 6.07) is 6.46. The second-order valence-corrected chi connectivity index (χ2v) is 8.39. The molecular formula is C16H25ClN2S. The fourth-order valence-electron chi connectivity index (χ4n) is 2.83. The number of hydrogen-bond donors (Lipinski definition) is 1. The quantitative estimate of drug-likeness (QED) is 0.919. The molecule has 1 aromatic carbocycles. The summed E-state index contributed by atoms with van der Waals surface area (Å²) in [6.07, 6.45) is 1.21. The van der Waals surface area contributed by atoms with Gasteiger partial charge in [-0.05, 0) is 36.6 Å². The van der Waals surface area contributed by atoms with Gasteiger partial charge in [-0.3, -0.25) is 4.90 Å². The van der Waals surface area contributed by atoms with Gasteiger partial charge in [0.05, 0.1) is 0 Å². The van der Waals surface area contributed by atoms with Crippen molar-refractivity contribution in [3.8, 4) is 0 Å². The van der Waals surface area contributed by atoms with E-state index in [0.29, 0.717) is 17.3 Å². The zero-order chi connectivity index (χ0) is 14.8. The third-order valence-electron chi connectivity index (χ3n) is 4.13. The molecule has 1 heterocycles. The van der Waals surface area contributed by atoms with Gasteiger partial charge in [-0.1, -0.05) is 31.5 Å². The molecule has 1 unspecified atom stereocenters. The van der Waals surface area contributed by atoms with Crippen molar-refractivity contribution in [1.29, 1.82) is 0 Å². The molecule has 1 aliphatic heterocycles. The van der Waals surface area contributed by atoms with Gasteiger partial charge < -0.3 is 5.73 Å². The number of nitrogens with two attached hydrogens (primary N) is 1. The van der Waals surface area contributed by atoms with Crippen LogP contribution < -0.4 is 5.73 Å². The molecule has 0 aliphatic carbocycles. The van der Waals surface area contributed by atoms with Crippen molar-refractivity contribution >= 4 is 23.4 Å². The monoisotopic (exact) mass is 312 g/mol. The largest absolute Gasteiger partial charge is 0.329 e. The van der Waals surface area contributed by atoms with E-state index in [-0.39, 0.29) is 0 Å². The molecule has 112 valence electrons. The van der Waals surface area contributed by atoms with E-state index in [0.717, 1.165) is 18.1 Å². The van der Waals surface area contributed by atoms with Crippen LogP contribution in [0.4, 0.5) is 0 Å². The minimum atomic E-state index is 0.307. The Bertz CT molecular complexity index is 462. The molecule has 0 amide bonds. The van der Waals surface area contributed by atoms with Crippen LogP contribution in [0.3, 0.4) is 0 Å². The minimum absolute atomic E-state index is 0.307. The molecule has 1 aromatic rings. The van der Waals surface area contributed by atoms with Crippen molar-refractivity contribution in [1.82, 2.24) is 4.90 Å². The fraction of sp³-hybridized carbons (Fsp3) is 0.625. The van der Waals surface area contributed by atoms with E-state index >= 15 is 0 Å². The van der Waals surface area contributed by atoms with Crippen LogP contribution in [0.2, 0.25) is 5.02 Å². The maximum Gasteiger partial charge on any atom is 0.0473 e. The number of halogens is 1. The number of nitrogens with zero attached hydrogens (tertiary/aromatic N) is 1. The molecule has 0 spiro atoms. The van der Waals surface area contributed by atoms with E-state index in [1.807, 2.05) is 12.1 Å². The highest BCUT2D eigenvalue weighted by Gasteiger charge is 2.28. The Morgan fingerprint density at radius 2 is 2.15 bits per heavy atom.